The van der Waals surface area contributed by atoms with Gasteiger partial charge in [-0.2, -0.15) is 5.10 Å². The van der Waals surface area contributed by atoms with Gasteiger partial charge in [0.05, 0.1) is 13.2 Å². The summed E-state index contributed by atoms with van der Waals surface area (Å²) in [5.41, 5.74) is 1.76. The number of nitrogens with one attached hydrogen (secondary N) is 1. The molecule has 18 heavy (non-hydrogen) atoms. The molecule has 6 heteroatoms. The molecule has 0 spiro atoms. The summed E-state index contributed by atoms with van der Waals surface area (Å²) in [4.78, 5) is 4.19. The number of aliphatic hydroxyl groups is 1. The Labute approximate surface area is 114 Å². The first-order valence-corrected chi connectivity index (χ1v) is 6.53. The summed E-state index contributed by atoms with van der Waals surface area (Å²) in [6.45, 7) is 3.41. The Bertz CT molecular complexity index is 527. The minimum Gasteiger partial charge on any atom is -0.392 e. The van der Waals surface area contributed by atoms with Gasteiger partial charge in [0.25, 0.3) is 0 Å². The molecule has 2 N–H and O–H groups in total. The predicted octanol–water partition coefficient (Wildman–Crippen LogP) is 2.16. The fourth-order valence-corrected chi connectivity index (χ4v) is 2.14. The third-order valence-corrected chi connectivity index (χ3v) is 3.16. The molecule has 96 valence electrons. The maximum absolute atomic E-state index is 9.31. The normalized spacial score (nSPS) is 10.6. The van der Waals surface area contributed by atoms with E-state index in [1.54, 1.807) is 6.33 Å². The van der Waals surface area contributed by atoms with Crippen LogP contribution in [0, 0.1) is 0 Å². The van der Waals surface area contributed by atoms with E-state index in [4.69, 9.17) is 0 Å². The number of hydrogen-bond acceptors (Lipinski definition) is 4. The van der Waals surface area contributed by atoms with Crippen molar-refractivity contribution in [3.8, 4) is 0 Å². The van der Waals surface area contributed by atoms with E-state index in [1.165, 1.54) is 0 Å². The van der Waals surface area contributed by atoms with E-state index in [2.05, 4.69) is 31.3 Å². The highest BCUT2D eigenvalue weighted by atomic mass is 79.9. The Morgan fingerprint density at radius 2 is 2.28 bits per heavy atom. The first-order valence-electron chi connectivity index (χ1n) is 5.74. The quantitative estimate of drug-likeness (QED) is 0.888. The third-order valence-electron chi connectivity index (χ3n) is 2.67. The van der Waals surface area contributed by atoms with E-state index in [-0.39, 0.29) is 6.61 Å². The largest absolute Gasteiger partial charge is 0.392 e. The van der Waals surface area contributed by atoms with E-state index in [1.807, 2.05) is 29.8 Å². The van der Waals surface area contributed by atoms with Crippen LogP contribution in [0.5, 0.6) is 0 Å². The molecule has 0 saturated carbocycles. The fraction of sp³-hybridized carbons (Fsp3) is 0.333. The van der Waals surface area contributed by atoms with Crippen molar-refractivity contribution in [2.45, 2.75) is 26.6 Å². The van der Waals surface area contributed by atoms with Gasteiger partial charge in [0.1, 0.15) is 12.2 Å². The molecule has 5 nitrogen and oxygen atoms in total. The average Bonchev–Trinajstić information content (AvgIpc) is 2.84. The Balaban J connectivity index is 2.10. The number of aliphatic hydroxyl groups excluding tert-OH is 1. The molecule has 0 bridgehead atoms. The summed E-state index contributed by atoms with van der Waals surface area (Å²) >= 11 is 3.38. The molecule has 2 rings (SSSR count). The number of hydrogen-bond donors (Lipinski definition) is 2. The molecule has 1 aromatic heterocycles. The summed E-state index contributed by atoms with van der Waals surface area (Å²) in [7, 11) is 0. The van der Waals surface area contributed by atoms with Crippen molar-refractivity contribution in [3.63, 3.8) is 0 Å². The molecule has 1 aromatic carbocycles. The predicted molar refractivity (Wildman–Crippen MR) is 73.1 cm³/mol. The minimum absolute atomic E-state index is 0.00222. The summed E-state index contributed by atoms with van der Waals surface area (Å²) in [6, 6.07) is 5.77. The lowest BCUT2D eigenvalue weighted by Crippen LogP contribution is -2.10. The van der Waals surface area contributed by atoms with Crippen LogP contribution in [0.25, 0.3) is 0 Å². The van der Waals surface area contributed by atoms with Crippen LogP contribution in [0.15, 0.2) is 29.0 Å². The zero-order chi connectivity index (χ0) is 13.0. The highest BCUT2D eigenvalue weighted by molar-refractivity contribution is 9.10. The maximum atomic E-state index is 9.31. The molecule has 0 aliphatic rings. The maximum Gasteiger partial charge on any atom is 0.146 e. The molecule has 0 saturated heterocycles. The molecule has 0 amide bonds. The highest BCUT2D eigenvalue weighted by Gasteiger charge is 2.05. The summed E-state index contributed by atoms with van der Waals surface area (Å²) in [5, 5.41) is 16.7. The van der Waals surface area contributed by atoms with Crippen molar-refractivity contribution in [2.75, 3.05) is 5.32 Å². The number of halogens is 1. The second-order valence-electron chi connectivity index (χ2n) is 3.81. The second kappa shape index (κ2) is 5.97. The molecule has 1 heterocycles. The van der Waals surface area contributed by atoms with Gasteiger partial charge in [0.15, 0.2) is 0 Å². The van der Waals surface area contributed by atoms with Gasteiger partial charge in [-0.1, -0.05) is 15.9 Å². The van der Waals surface area contributed by atoms with Crippen molar-refractivity contribution in [1.82, 2.24) is 14.8 Å². The second-order valence-corrected chi connectivity index (χ2v) is 4.72. The van der Waals surface area contributed by atoms with Gasteiger partial charge in [-0.25, -0.2) is 9.67 Å². The molecule has 0 aliphatic heterocycles. The zero-order valence-electron chi connectivity index (χ0n) is 10.1. The molecule has 0 radical (unpaired) electrons. The first kappa shape index (κ1) is 13.0. The van der Waals surface area contributed by atoms with Crippen LogP contribution in [0.3, 0.4) is 0 Å². The van der Waals surface area contributed by atoms with Crippen molar-refractivity contribution in [3.05, 3.63) is 40.4 Å². The van der Waals surface area contributed by atoms with Crippen LogP contribution >= 0.6 is 15.9 Å². The summed E-state index contributed by atoms with van der Waals surface area (Å²) < 4.78 is 2.79. The number of nitrogens with zero attached hydrogens (tertiary/aromatic N) is 3. The van der Waals surface area contributed by atoms with Gasteiger partial charge in [-0.05, 0) is 25.1 Å². The lowest BCUT2D eigenvalue weighted by Gasteiger charge is -2.11. The van der Waals surface area contributed by atoms with Gasteiger partial charge >= 0.3 is 0 Å². The Morgan fingerprint density at radius 1 is 1.44 bits per heavy atom. The van der Waals surface area contributed by atoms with Gasteiger partial charge in [0.2, 0.25) is 0 Å². The van der Waals surface area contributed by atoms with E-state index < -0.39 is 0 Å². The Morgan fingerprint density at radius 3 is 3.00 bits per heavy atom. The lowest BCUT2D eigenvalue weighted by atomic mass is 10.2. The van der Waals surface area contributed by atoms with Crippen molar-refractivity contribution in [2.24, 2.45) is 0 Å². The highest BCUT2D eigenvalue weighted by Crippen LogP contribution is 2.21. The number of aromatic nitrogens is 3. The minimum atomic E-state index is 0.00222. The van der Waals surface area contributed by atoms with Gasteiger partial charge in [0, 0.05) is 22.3 Å². The van der Waals surface area contributed by atoms with Crippen LogP contribution in [0.1, 0.15) is 18.3 Å². The van der Waals surface area contributed by atoms with E-state index in [0.29, 0.717) is 6.54 Å². The van der Waals surface area contributed by atoms with Crippen molar-refractivity contribution >= 4 is 21.6 Å². The van der Waals surface area contributed by atoms with Crippen LogP contribution in [0.2, 0.25) is 0 Å². The van der Waals surface area contributed by atoms with E-state index in [0.717, 1.165) is 28.1 Å². The molecule has 0 aliphatic carbocycles. The molecular weight excluding hydrogens is 296 g/mol. The zero-order valence-corrected chi connectivity index (χ0v) is 11.7. The number of aryl methyl sites for hydroxylation is 1. The summed E-state index contributed by atoms with van der Waals surface area (Å²) in [5.74, 6) is 0.879. The molecular formula is C12H15BrN4O. The van der Waals surface area contributed by atoms with Crippen molar-refractivity contribution < 1.29 is 5.11 Å². The number of benzene rings is 1. The van der Waals surface area contributed by atoms with Crippen LogP contribution in [-0.4, -0.2) is 19.9 Å². The standard InChI is InChI=1S/C12H15BrN4O/c1-2-17-12(15-8-16-17)6-14-11-4-3-10(13)5-9(11)7-18/h3-5,8,14,18H,2,6-7H2,1H3. The molecule has 0 fully saturated rings. The van der Waals surface area contributed by atoms with Crippen molar-refractivity contribution in [1.29, 1.82) is 0 Å². The number of rotatable bonds is 5. The molecule has 0 atom stereocenters. The van der Waals surface area contributed by atoms with Crippen LogP contribution in [0.4, 0.5) is 5.69 Å². The van der Waals surface area contributed by atoms with E-state index in [9.17, 15) is 5.11 Å². The molecule has 2 aromatic rings. The smallest absolute Gasteiger partial charge is 0.146 e. The van der Waals surface area contributed by atoms with Crippen LogP contribution in [-0.2, 0) is 19.7 Å². The monoisotopic (exact) mass is 310 g/mol. The first-order chi connectivity index (χ1) is 8.74. The Kier molecular flexibility index (Phi) is 4.33. The SMILES string of the molecule is CCn1ncnc1CNc1ccc(Br)cc1CO. The molecule has 0 unspecified atom stereocenters. The topological polar surface area (TPSA) is 63.0 Å². The lowest BCUT2D eigenvalue weighted by molar-refractivity contribution is 0.282. The average molecular weight is 311 g/mol. The van der Waals surface area contributed by atoms with Crippen LogP contribution < -0.4 is 5.32 Å². The summed E-state index contributed by atoms with van der Waals surface area (Å²) in [6.07, 6.45) is 1.55. The van der Waals surface area contributed by atoms with E-state index >= 15 is 0 Å². The van der Waals surface area contributed by atoms with Gasteiger partial charge < -0.3 is 10.4 Å². The third kappa shape index (κ3) is 2.88. The number of anilines is 1. The fourth-order valence-electron chi connectivity index (χ4n) is 1.73. The van der Waals surface area contributed by atoms with Gasteiger partial charge in [-0.15, -0.1) is 0 Å². The van der Waals surface area contributed by atoms with Gasteiger partial charge in [-0.3, -0.25) is 0 Å². The Hall–Kier alpha value is -1.40.